The van der Waals surface area contributed by atoms with Crippen molar-refractivity contribution in [1.29, 1.82) is 0 Å². The number of likely N-dealkylation sites (N-methyl/N-ethyl adjacent to an activating group) is 1. The average molecular weight is 316 g/mol. The molecule has 18 heavy (non-hydrogen) atoms. The maximum absolute atomic E-state index is 9.88. The standard InChI is InChI=1S/C14H22BrNO2/c1-5-16(10(2)9-18-4)14-8-12(15)6-7-13(14)11(3)17/h6-8,10-11,17H,5,9H2,1-4H3. The summed E-state index contributed by atoms with van der Waals surface area (Å²) in [7, 11) is 1.71. The lowest BCUT2D eigenvalue weighted by molar-refractivity contribution is 0.180. The first-order valence-electron chi connectivity index (χ1n) is 6.24. The van der Waals surface area contributed by atoms with Crippen LogP contribution in [-0.2, 0) is 4.74 Å². The van der Waals surface area contributed by atoms with E-state index in [9.17, 15) is 5.11 Å². The molecule has 2 unspecified atom stereocenters. The van der Waals surface area contributed by atoms with E-state index >= 15 is 0 Å². The molecule has 1 N–H and O–H groups in total. The number of hydrogen-bond donors (Lipinski definition) is 1. The van der Waals surface area contributed by atoms with Crippen molar-refractivity contribution in [3.05, 3.63) is 28.2 Å². The summed E-state index contributed by atoms with van der Waals surface area (Å²) in [5, 5.41) is 9.88. The molecule has 1 aromatic carbocycles. The third kappa shape index (κ3) is 3.70. The molecule has 0 radical (unpaired) electrons. The molecular weight excluding hydrogens is 294 g/mol. The highest BCUT2D eigenvalue weighted by molar-refractivity contribution is 9.10. The lowest BCUT2D eigenvalue weighted by atomic mass is 10.1. The smallest absolute Gasteiger partial charge is 0.0782 e. The third-order valence-corrected chi connectivity index (χ3v) is 3.53. The molecule has 0 bridgehead atoms. The van der Waals surface area contributed by atoms with E-state index in [1.165, 1.54) is 0 Å². The number of nitrogens with zero attached hydrogens (tertiary/aromatic N) is 1. The molecule has 0 aliphatic carbocycles. The molecule has 0 spiro atoms. The molecule has 0 aliphatic heterocycles. The summed E-state index contributed by atoms with van der Waals surface area (Å²) in [5.41, 5.74) is 2.01. The van der Waals surface area contributed by atoms with Crippen molar-refractivity contribution in [2.45, 2.75) is 32.9 Å². The lowest BCUT2D eigenvalue weighted by Crippen LogP contribution is -2.36. The number of aliphatic hydroxyl groups excluding tert-OH is 1. The number of ether oxygens (including phenoxy) is 1. The number of rotatable bonds is 6. The van der Waals surface area contributed by atoms with Gasteiger partial charge in [0.1, 0.15) is 0 Å². The molecule has 1 aromatic rings. The van der Waals surface area contributed by atoms with Crippen LogP contribution in [-0.4, -0.2) is 31.4 Å². The van der Waals surface area contributed by atoms with E-state index in [0.717, 1.165) is 22.3 Å². The van der Waals surface area contributed by atoms with Crippen molar-refractivity contribution in [1.82, 2.24) is 0 Å². The molecular formula is C14H22BrNO2. The molecule has 102 valence electrons. The Morgan fingerprint density at radius 2 is 2.06 bits per heavy atom. The van der Waals surface area contributed by atoms with E-state index in [4.69, 9.17) is 4.74 Å². The topological polar surface area (TPSA) is 32.7 Å². The Labute approximate surface area is 118 Å². The van der Waals surface area contributed by atoms with Crippen LogP contribution < -0.4 is 4.90 Å². The van der Waals surface area contributed by atoms with E-state index in [-0.39, 0.29) is 6.04 Å². The lowest BCUT2D eigenvalue weighted by Gasteiger charge is -2.32. The van der Waals surface area contributed by atoms with E-state index in [0.29, 0.717) is 6.61 Å². The van der Waals surface area contributed by atoms with Crippen LogP contribution in [0.1, 0.15) is 32.4 Å². The largest absolute Gasteiger partial charge is 0.389 e. The maximum atomic E-state index is 9.88. The fourth-order valence-corrected chi connectivity index (χ4v) is 2.52. The van der Waals surface area contributed by atoms with Crippen molar-refractivity contribution < 1.29 is 9.84 Å². The van der Waals surface area contributed by atoms with Gasteiger partial charge in [-0.2, -0.15) is 0 Å². The first-order valence-corrected chi connectivity index (χ1v) is 7.03. The third-order valence-electron chi connectivity index (χ3n) is 3.03. The van der Waals surface area contributed by atoms with Gasteiger partial charge < -0.3 is 14.7 Å². The number of aliphatic hydroxyl groups is 1. The van der Waals surface area contributed by atoms with Crippen molar-refractivity contribution >= 4 is 21.6 Å². The summed E-state index contributed by atoms with van der Waals surface area (Å²) in [6.07, 6.45) is -0.475. The van der Waals surface area contributed by atoms with Gasteiger partial charge >= 0.3 is 0 Å². The van der Waals surface area contributed by atoms with Gasteiger partial charge in [-0.1, -0.05) is 22.0 Å². The molecule has 4 heteroatoms. The number of hydrogen-bond acceptors (Lipinski definition) is 3. The summed E-state index contributed by atoms with van der Waals surface area (Å²) in [6.45, 7) is 7.57. The molecule has 0 amide bonds. The number of benzene rings is 1. The molecule has 0 fully saturated rings. The second-order valence-corrected chi connectivity index (χ2v) is 5.39. The quantitative estimate of drug-likeness (QED) is 0.873. The van der Waals surface area contributed by atoms with Crippen LogP contribution in [0, 0.1) is 0 Å². The number of halogens is 1. The Bertz CT molecular complexity index is 382. The summed E-state index contributed by atoms with van der Waals surface area (Å²) in [4.78, 5) is 2.25. The van der Waals surface area contributed by atoms with Crippen LogP contribution in [0.2, 0.25) is 0 Å². The van der Waals surface area contributed by atoms with Crippen molar-refractivity contribution in [2.75, 3.05) is 25.2 Å². The molecule has 2 atom stereocenters. The minimum atomic E-state index is -0.475. The highest BCUT2D eigenvalue weighted by atomic mass is 79.9. The highest BCUT2D eigenvalue weighted by Gasteiger charge is 2.18. The Kier molecular flexibility index (Phi) is 6.12. The fourth-order valence-electron chi connectivity index (χ4n) is 2.17. The number of methoxy groups -OCH3 is 1. The summed E-state index contributed by atoms with van der Waals surface area (Å²) >= 11 is 3.49. The predicted molar refractivity (Wildman–Crippen MR) is 79.1 cm³/mol. The van der Waals surface area contributed by atoms with Gasteiger partial charge in [0.2, 0.25) is 0 Å². The van der Waals surface area contributed by atoms with Gasteiger partial charge in [-0.25, -0.2) is 0 Å². The van der Waals surface area contributed by atoms with E-state index < -0.39 is 6.10 Å². The molecule has 3 nitrogen and oxygen atoms in total. The fraction of sp³-hybridized carbons (Fsp3) is 0.571. The van der Waals surface area contributed by atoms with Crippen LogP contribution in [0.4, 0.5) is 5.69 Å². The van der Waals surface area contributed by atoms with Crippen LogP contribution in [0.25, 0.3) is 0 Å². The molecule has 0 aromatic heterocycles. The highest BCUT2D eigenvalue weighted by Crippen LogP contribution is 2.30. The zero-order valence-electron chi connectivity index (χ0n) is 11.5. The molecule has 0 aliphatic rings. The van der Waals surface area contributed by atoms with Crippen LogP contribution in [0.3, 0.4) is 0 Å². The minimum Gasteiger partial charge on any atom is -0.389 e. The second-order valence-electron chi connectivity index (χ2n) is 4.47. The van der Waals surface area contributed by atoms with Gasteiger partial charge in [0, 0.05) is 35.4 Å². The van der Waals surface area contributed by atoms with Crippen molar-refractivity contribution in [3.8, 4) is 0 Å². The monoisotopic (exact) mass is 315 g/mol. The Balaban J connectivity index is 3.14. The van der Waals surface area contributed by atoms with Gasteiger partial charge in [0.25, 0.3) is 0 Å². The van der Waals surface area contributed by atoms with E-state index in [2.05, 4.69) is 40.7 Å². The molecule has 1 rings (SSSR count). The van der Waals surface area contributed by atoms with Gasteiger partial charge in [0.15, 0.2) is 0 Å². The summed E-state index contributed by atoms with van der Waals surface area (Å²) in [5.74, 6) is 0. The average Bonchev–Trinajstić information content (AvgIpc) is 2.30. The van der Waals surface area contributed by atoms with Crippen molar-refractivity contribution in [2.24, 2.45) is 0 Å². The molecule has 0 heterocycles. The second kappa shape index (κ2) is 7.12. The minimum absolute atomic E-state index is 0.270. The van der Waals surface area contributed by atoms with Gasteiger partial charge in [-0.05, 0) is 32.9 Å². The van der Waals surface area contributed by atoms with Crippen LogP contribution in [0.15, 0.2) is 22.7 Å². The summed E-state index contributed by atoms with van der Waals surface area (Å²) in [6, 6.07) is 6.25. The zero-order valence-corrected chi connectivity index (χ0v) is 13.1. The van der Waals surface area contributed by atoms with Crippen LogP contribution >= 0.6 is 15.9 Å². The Morgan fingerprint density at radius 1 is 1.39 bits per heavy atom. The van der Waals surface area contributed by atoms with Crippen LogP contribution in [0.5, 0.6) is 0 Å². The van der Waals surface area contributed by atoms with Gasteiger partial charge in [-0.15, -0.1) is 0 Å². The Hall–Kier alpha value is -0.580. The number of anilines is 1. The summed E-state index contributed by atoms with van der Waals surface area (Å²) < 4.78 is 6.24. The zero-order chi connectivity index (χ0) is 13.7. The normalized spacial score (nSPS) is 14.3. The maximum Gasteiger partial charge on any atom is 0.0782 e. The predicted octanol–water partition coefficient (Wildman–Crippen LogP) is 3.36. The Morgan fingerprint density at radius 3 is 2.56 bits per heavy atom. The van der Waals surface area contributed by atoms with Gasteiger partial charge in [-0.3, -0.25) is 0 Å². The van der Waals surface area contributed by atoms with E-state index in [1.54, 1.807) is 14.0 Å². The molecule has 0 saturated carbocycles. The van der Waals surface area contributed by atoms with E-state index in [1.807, 2.05) is 12.1 Å². The SMILES string of the molecule is CCN(c1cc(Br)ccc1C(C)O)C(C)COC. The first kappa shape index (κ1) is 15.5. The van der Waals surface area contributed by atoms with Crippen molar-refractivity contribution in [3.63, 3.8) is 0 Å². The molecule has 0 saturated heterocycles. The van der Waals surface area contributed by atoms with Gasteiger partial charge in [0.05, 0.1) is 12.7 Å². The first-order chi connectivity index (χ1) is 8.51.